The molecule has 7 heteroatoms. The van der Waals surface area contributed by atoms with Crippen LogP contribution in [0.1, 0.15) is 17.1 Å². The summed E-state index contributed by atoms with van der Waals surface area (Å²) in [6, 6.07) is 1.81. The Bertz CT molecular complexity index is 542. The summed E-state index contributed by atoms with van der Waals surface area (Å²) in [7, 11) is 0. The number of H-pyrrole nitrogens is 1. The molecule has 0 bridgehead atoms. The first kappa shape index (κ1) is 12.2. The molecule has 0 aliphatic carbocycles. The van der Waals surface area contributed by atoms with Crippen molar-refractivity contribution in [2.45, 2.75) is 26.9 Å². The molecule has 0 fully saturated rings. The number of nitrogens with two attached hydrogens (primary N) is 1. The summed E-state index contributed by atoms with van der Waals surface area (Å²) in [5.74, 6) is -0.116. The van der Waals surface area contributed by atoms with E-state index < -0.39 is 0 Å². The molecule has 0 saturated carbocycles. The van der Waals surface area contributed by atoms with Crippen LogP contribution in [0.3, 0.4) is 0 Å². The van der Waals surface area contributed by atoms with Crippen LogP contribution in [0.25, 0.3) is 0 Å². The highest BCUT2D eigenvalue weighted by atomic mass is 16.2. The lowest BCUT2D eigenvalue weighted by Crippen LogP contribution is -2.28. The van der Waals surface area contributed by atoms with E-state index in [1.807, 2.05) is 19.9 Å². The van der Waals surface area contributed by atoms with Gasteiger partial charge in [0, 0.05) is 6.20 Å². The third-order valence-electron chi connectivity index (χ3n) is 2.77. The van der Waals surface area contributed by atoms with Gasteiger partial charge in [-0.15, -0.1) is 0 Å². The van der Waals surface area contributed by atoms with Gasteiger partial charge in [-0.3, -0.25) is 14.6 Å². The maximum absolute atomic E-state index is 11.7. The van der Waals surface area contributed by atoms with Crippen LogP contribution in [0.4, 0.5) is 5.69 Å². The normalized spacial score (nSPS) is 10.6. The molecule has 96 valence electrons. The summed E-state index contributed by atoms with van der Waals surface area (Å²) in [6.45, 7) is 4.25. The zero-order valence-corrected chi connectivity index (χ0v) is 10.4. The van der Waals surface area contributed by atoms with E-state index in [1.165, 1.54) is 0 Å². The largest absolute Gasteiger partial charge is 0.396 e. The Morgan fingerprint density at radius 3 is 2.89 bits per heavy atom. The van der Waals surface area contributed by atoms with Crippen LogP contribution < -0.4 is 11.1 Å². The molecule has 0 atom stereocenters. The van der Waals surface area contributed by atoms with Gasteiger partial charge in [-0.05, 0) is 19.9 Å². The van der Waals surface area contributed by atoms with Crippen molar-refractivity contribution in [2.24, 2.45) is 0 Å². The number of aryl methyl sites for hydroxylation is 1. The van der Waals surface area contributed by atoms with Crippen molar-refractivity contribution in [3.63, 3.8) is 0 Å². The van der Waals surface area contributed by atoms with E-state index in [9.17, 15) is 4.79 Å². The number of aromatic nitrogens is 4. The molecule has 1 amide bonds. The fraction of sp³-hybridized carbons (Fsp3) is 0.364. The summed E-state index contributed by atoms with van der Waals surface area (Å²) >= 11 is 0. The van der Waals surface area contributed by atoms with Crippen LogP contribution in [-0.2, 0) is 17.9 Å². The summed E-state index contributed by atoms with van der Waals surface area (Å²) in [5, 5.41) is 13.6. The van der Waals surface area contributed by atoms with Gasteiger partial charge in [-0.2, -0.15) is 10.2 Å². The molecule has 0 aromatic carbocycles. The highest BCUT2D eigenvalue weighted by Gasteiger charge is 2.11. The summed E-state index contributed by atoms with van der Waals surface area (Å²) < 4.78 is 1.60. The number of carbonyl (C=O) groups excluding carboxylic acids is 1. The Balaban J connectivity index is 1.93. The van der Waals surface area contributed by atoms with Crippen molar-refractivity contribution in [1.82, 2.24) is 25.3 Å². The molecule has 0 aliphatic rings. The predicted octanol–water partition coefficient (Wildman–Crippen LogP) is 0.122. The first-order chi connectivity index (χ1) is 8.58. The molecule has 0 spiro atoms. The van der Waals surface area contributed by atoms with E-state index in [0.29, 0.717) is 12.2 Å². The van der Waals surface area contributed by atoms with Crippen molar-refractivity contribution in [1.29, 1.82) is 0 Å². The topological polar surface area (TPSA) is 102 Å². The molecule has 4 N–H and O–H groups in total. The molecule has 0 unspecified atom stereocenters. The van der Waals surface area contributed by atoms with Crippen LogP contribution in [0, 0.1) is 13.8 Å². The second-order valence-electron chi connectivity index (χ2n) is 4.10. The second-order valence-corrected chi connectivity index (χ2v) is 4.10. The molecule has 18 heavy (non-hydrogen) atoms. The van der Waals surface area contributed by atoms with Gasteiger partial charge in [0.1, 0.15) is 6.54 Å². The van der Waals surface area contributed by atoms with Gasteiger partial charge in [0.15, 0.2) is 0 Å². The lowest BCUT2D eigenvalue weighted by molar-refractivity contribution is -0.122. The smallest absolute Gasteiger partial charge is 0.242 e. The zero-order chi connectivity index (χ0) is 13.1. The van der Waals surface area contributed by atoms with Crippen molar-refractivity contribution < 1.29 is 4.79 Å². The standard InChI is InChI=1S/C11H16N6O/c1-7-11(12)8(2)17(16-7)6-10(18)13-5-9-3-4-14-15-9/h3-4H,5-6,12H2,1-2H3,(H,13,18)(H,14,15). The molecule has 2 heterocycles. The van der Waals surface area contributed by atoms with Gasteiger partial charge in [-0.25, -0.2) is 0 Å². The highest BCUT2D eigenvalue weighted by Crippen LogP contribution is 2.14. The number of nitrogens with one attached hydrogen (secondary N) is 2. The Morgan fingerprint density at radius 2 is 2.33 bits per heavy atom. The van der Waals surface area contributed by atoms with Gasteiger partial charge < -0.3 is 11.1 Å². The monoisotopic (exact) mass is 248 g/mol. The molecule has 2 aromatic rings. The molecule has 0 aliphatic heterocycles. The number of carbonyl (C=O) groups is 1. The molecule has 0 saturated heterocycles. The van der Waals surface area contributed by atoms with Crippen molar-refractivity contribution in [3.05, 3.63) is 29.3 Å². The Kier molecular flexibility index (Phi) is 3.31. The molecule has 0 radical (unpaired) electrons. The highest BCUT2D eigenvalue weighted by molar-refractivity contribution is 5.75. The van der Waals surface area contributed by atoms with Gasteiger partial charge in [0.25, 0.3) is 0 Å². The summed E-state index contributed by atoms with van der Waals surface area (Å²) in [4.78, 5) is 11.7. The van der Waals surface area contributed by atoms with E-state index >= 15 is 0 Å². The maximum Gasteiger partial charge on any atom is 0.242 e. The maximum atomic E-state index is 11.7. The second kappa shape index (κ2) is 4.91. The van der Waals surface area contributed by atoms with Gasteiger partial charge >= 0.3 is 0 Å². The van der Waals surface area contributed by atoms with E-state index in [0.717, 1.165) is 17.1 Å². The van der Waals surface area contributed by atoms with Gasteiger partial charge in [0.05, 0.1) is 29.3 Å². The number of amides is 1. The number of hydrogen-bond donors (Lipinski definition) is 3. The minimum Gasteiger partial charge on any atom is -0.396 e. The van der Waals surface area contributed by atoms with Crippen molar-refractivity contribution >= 4 is 11.6 Å². The molecular weight excluding hydrogens is 232 g/mol. The molecular formula is C11H16N6O. The van der Waals surface area contributed by atoms with Gasteiger partial charge in [0.2, 0.25) is 5.91 Å². The van der Waals surface area contributed by atoms with Crippen LogP contribution in [0.5, 0.6) is 0 Å². The fourth-order valence-electron chi connectivity index (χ4n) is 1.63. The quantitative estimate of drug-likeness (QED) is 0.715. The first-order valence-electron chi connectivity index (χ1n) is 5.62. The SMILES string of the molecule is Cc1nn(CC(=O)NCc2ccn[nH]2)c(C)c1N. The molecule has 2 rings (SSSR count). The lowest BCUT2D eigenvalue weighted by Gasteiger charge is -2.05. The molecule has 7 nitrogen and oxygen atoms in total. The van der Waals surface area contributed by atoms with Crippen LogP contribution in [0.15, 0.2) is 12.3 Å². The minimum atomic E-state index is -0.116. The minimum absolute atomic E-state index is 0.116. The van der Waals surface area contributed by atoms with E-state index in [2.05, 4.69) is 20.6 Å². The number of nitrogen functional groups attached to an aromatic ring is 1. The summed E-state index contributed by atoms with van der Waals surface area (Å²) in [5.41, 5.74) is 8.85. The third kappa shape index (κ3) is 2.50. The van der Waals surface area contributed by atoms with Crippen LogP contribution >= 0.6 is 0 Å². The lowest BCUT2D eigenvalue weighted by atomic mass is 10.3. The van der Waals surface area contributed by atoms with E-state index in [1.54, 1.807) is 10.9 Å². The first-order valence-corrected chi connectivity index (χ1v) is 5.62. The Hall–Kier alpha value is -2.31. The number of nitrogens with zero attached hydrogens (tertiary/aromatic N) is 3. The van der Waals surface area contributed by atoms with Crippen molar-refractivity contribution in [3.8, 4) is 0 Å². The Labute approximate surface area is 104 Å². The third-order valence-corrected chi connectivity index (χ3v) is 2.77. The van der Waals surface area contributed by atoms with Crippen LogP contribution in [-0.4, -0.2) is 25.9 Å². The summed E-state index contributed by atoms with van der Waals surface area (Å²) in [6.07, 6.45) is 1.64. The zero-order valence-electron chi connectivity index (χ0n) is 10.4. The fourth-order valence-corrected chi connectivity index (χ4v) is 1.63. The number of hydrogen-bond acceptors (Lipinski definition) is 4. The average Bonchev–Trinajstić information content (AvgIpc) is 2.93. The predicted molar refractivity (Wildman–Crippen MR) is 66.5 cm³/mol. The molecule has 2 aromatic heterocycles. The number of rotatable bonds is 4. The van der Waals surface area contributed by atoms with Gasteiger partial charge in [-0.1, -0.05) is 0 Å². The van der Waals surface area contributed by atoms with E-state index in [4.69, 9.17) is 5.73 Å². The average molecular weight is 248 g/mol. The van der Waals surface area contributed by atoms with Crippen LogP contribution in [0.2, 0.25) is 0 Å². The number of aromatic amines is 1. The van der Waals surface area contributed by atoms with Crippen molar-refractivity contribution in [2.75, 3.05) is 5.73 Å². The van der Waals surface area contributed by atoms with E-state index in [-0.39, 0.29) is 12.5 Å². The number of anilines is 1. The Morgan fingerprint density at radius 1 is 1.56 bits per heavy atom.